The van der Waals surface area contributed by atoms with Crippen LogP contribution in [0.4, 0.5) is 13.2 Å². The lowest BCUT2D eigenvalue weighted by Crippen LogP contribution is -2.60. The molecule has 7 heteroatoms. The summed E-state index contributed by atoms with van der Waals surface area (Å²) in [5.74, 6) is 1.01. The van der Waals surface area contributed by atoms with Gasteiger partial charge in [-0.1, -0.05) is 12.1 Å². The second kappa shape index (κ2) is 7.50. The maximum Gasteiger partial charge on any atom is 0.416 e. The molecular weight excluding hydrogens is 383 g/mol. The normalized spacial score (nSPS) is 30.5. The number of ether oxygens (including phenoxy) is 1. The molecule has 0 heterocycles. The van der Waals surface area contributed by atoms with E-state index in [1.807, 2.05) is 0 Å². The highest BCUT2D eigenvalue weighted by molar-refractivity contribution is 5.89. The number of benzene rings is 1. The maximum atomic E-state index is 12.7. The number of alkyl halides is 3. The van der Waals surface area contributed by atoms with E-state index in [-0.39, 0.29) is 23.6 Å². The molecule has 0 radical (unpaired) electrons. The van der Waals surface area contributed by atoms with Gasteiger partial charge < -0.3 is 10.1 Å². The van der Waals surface area contributed by atoms with Crippen LogP contribution in [0.3, 0.4) is 0 Å². The van der Waals surface area contributed by atoms with E-state index in [0.29, 0.717) is 17.8 Å². The van der Waals surface area contributed by atoms with E-state index < -0.39 is 17.7 Å². The van der Waals surface area contributed by atoms with Crippen molar-refractivity contribution in [3.8, 4) is 0 Å². The third-order valence-electron chi connectivity index (χ3n) is 6.41. The Balaban J connectivity index is 1.28. The third-order valence-corrected chi connectivity index (χ3v) is 6.41. The van der Waals surface area contributed by atoms with E-state index in [9.17, 15) is 22.8 Å². The molecule has 4 aliphatic carbocycles. The number of nitrogens with one attached hydrogen (secondary N) is 1. The van der Waals surface area contributed by atoms with Gasteiger partial charge in [0, 0.05) is 11.6 Å². The Kier molecular flexibility index (Phi) is 5.17. The summed E-state index contributed by atoms with van der Waals surface area (Å²) in [7, 11) is 0. The molecule has 1 aromatic rings. The van der Waals surface area contributed by atoms with Crippen LogP contribution in [0.5, 0.6) is 0 Å². The zero-order valence-corrected chi connectivity index (χ0v) is 16.0. The quantitative estimate of drug-likeness (QED) is 0.583. The summed E-state index contributed by atoms with van der Waals surface area (Å²) in [6, 6.07) is 4.64. The number of esters is 1. The summed E-state index contributed by atoms with van der Waals surface area (Å²) in [6.45, 7) is -0.381. The minimum atomic E-state index is -4.44. The van der Waals surface area contributed by atoms with Crippen LogP contribution < -0.4 is 5.32 Å². The Morgan fingerprint density at radius 2 is 1.72 bits per heavy atom. The molecule has 4 aliphatic rings. The van der Waals surface area contributed by atoms with Gasteiger partial charge in [-0.15, -0.1) is 0 Å². The molecule has 4 saturated carbocycles. The van der Waals surface area contributed by atoms with Gasteiger partial charge in [-0.2, -0.15) is 13.2 Å². The molecule has 4 fully saturated rings. The van der Waals surface area contributed by atoms with Crippen molar-refractivity contribution >= 4 is 18.0 Å². The first-order valence-electron chi connectivity index (χ1n) is 10.0. The molecule has 156 valence electrons. The van der Waals surface area contributed by atoms with Crippen LogP contribution in [0.25, 0.3) is 6.08 Å². The molecule has 0 aromatic heterocycles. The van der Waals surface area contributed by atoms with Crippen LogP contribution in [-0.2, 0) is 20.5 Å². The molecule has 5 rings (SSSR count). The predicted octanol–water partition coefficient (Wildman–Crippen LogP) is 4.35. The van der Waals surface area contributed by atoms with Gasteiger partial charge in [0.15, 0.2) is 6.61 Å². The fourth-order valence-electron chi connectivity index (χ4n) is 5.76. The standard InChI is InChI=1S/C22H24F3NO3/c23-22(24,25)18-3-1-2-14(9-18)4-5-20(28)29-13-19(27)26-21-10-15-6-16(11-21)8-17(7-15)12-21/h1-5,9,15-17H,6-8,10-13H2,(H,26,27). The minimum Gasteiger partial charge on any atom is -0.452 e. The molecule has 0 spiro atoms. The lowest BCUT2D eigenvalue weighted by molar-refractivity contribution is -0.145. The van der Waals surface area contributed by atoms with Crippen molar-refractivity contribution in [2.45, 2.75) is 50.2 Å². The summed E-state index contributed by atoms with van der Waals surface area (Å²) in [5, 5.41) is 3.11. The van der Waals surface area contributed by atoms with Crippen molar-refractivity contribution < 1.29 is 27.5 Å². The van der Waals surface area contributed by atoms with Gasteiger partial charge in [0.2, 0.25) is 0 Å². The summed E-state index contributed by atoms with van der Waals surface area (Å²) >= 11 is 0. The predicted molar refractivity (Wildman–Crippen MR) is 100 cm³/mol. The Bertz CT molecular complexity index is 796. The number of carbonyl (C=O) groups is 2. The van der Waals surface area contributed by atoms with Gasteiger partial charge in [-0.3, -0.25) is 4.79 Å². The lowest BCUT2D eigenvalue weighted by atomic mass is 9.53. The first-order chi connectivity index (χ1) is 13.7. The van der Waals surface area contributed by atoms with Gasteiger partial charge in [0.05, 0.1) is 5.56 Å². The van der Waals surface area contributed by atoms with Crippen LogP contribution >= 0.6 is 0 Å². The average Bonchev–Trinajstić information content (AvgIpc) is 2.63. The highest BCUT2D eigenvalue weighted by Crippen LogP contribution is 2.55. The minimum absolute atomic E-state index is 0.147. The Hall–Kier alpha value is -2.31. The Morgan fingerprint density at radius 3 is 2.31 bits per heavy atom. The highest BCUT2D eigenvalue weighted by atomic mass is 19.4. The number of carbonyl (C=O) groups excluding carboxylic acids is 2. The molecular formula is C22H24F3NO3. The summed E-state index contributed by atoms with van der Waals surface area (Å²) in [6.07, 6.45) is 4.66. The topological polar surface area (TPSA) is 55.4 Å². The monoisotopic (exact) mass is 407 g/mol. The van der Waals surface area contributed by atoms with E-state index in [1.165, 1.54) is 37.5 Å². The van der Waals surface area contributed by atoms with Gasteiger partial charge in [0.25, 0.3) is 5.91 Å². The number of rotatable bonds is 5. The SMILES string of the molecule is O=C(COC(=O)C=Cc1cccc(C(F)(F)F)c1)NC12CC3CC(CC(C3)C1)C2. The van der Waals surface area contributed by atoms with Crippen molar-refractivity contribution in [3.05, 3.63) is 41.5 Å². The second-order valence-corrected chi connectivity index (χ2v) is 8.81. The summed E-state index contributed by atoms with van der Waals surface area (Å²) < 4.78 is 43.1. The van der Waals surface area contributed by atoms with Gasteiger partial charge >= 0.3 is 12.1 Å². The Morgan fingerprint density at radius 1 is 1.10 bits per heavy atom. The third kappa shape index (κ3) is 4.65. The van der Waals surface area contributed by atoms with E-state index in [1.54, 1.807) is 0 Å². The molecule has 29 heavy (non-hydrogen) atoms. The average molecular weight is 407 g/mol. The van der Waals surface area contributed by atoms with Crippen molar-refractivity contribution in [2.24, 2.45) is 17.8 Å². The highest BCUT2D eigenvalue weighted by Gasteiger charge is 2.51. The van der Waals surface area contributed by atoms with Crippen LogP contribution in [-0.4, -0.2) is 24.0 Å². The van der Waals surface area contributed by atoms with Crippen molar-refractivity contribution in [3.63, 3.8) is 0 Å². The second-order valence-electron chi connectivity index (χ2n) is 8.81. The number of hydrogen-bond donors (Lipinski definition) is 1. The van der Waals surface area contributed by atoms with E-state index in [4.69, 9.17) is 4.74 Å². The maximum absolute atomic E-state index is 12.7. The van der Waals surface area contributed by atoms with Crippen molar-refractivity contribution in [1.29, 1.82) is 0 Å². The largest absolute Gasteiger partial charge is 0.452 e. The first kappa shape index (κ1) is 20.0. The zero-order chi connectivity index (χ0) is 20.6. The van der Waals surface area contributed by atoms with Crippen LogP contribution in [0.15, 0.2) is 30.3 Å². The molecule has 0 unspecified atom stereocenters. The van der Waals surface area contributed by atoms with E-state index in [0.717, 1.165) is 37.5 Å². The van der Waals surface area contributed by atoms with Gasteiger partial charge in [0.1, 0.15) is 0 Å². The summed E-state index contributed by atoms with van der Waals surface area (Å²) in [4.78, 5) is 24.2. The molecule has 1 N–H and O–H groups in total. The smallest absolute Gasteiger partial charge is 0.416 e. The molecule has 4 bridgehead atoms. The van der Waals surface area contributed by atoms with Crippen LogP contribution in [0.1, 0.15) is 49.7 Å². The van der Waals surface area contributed by atoms with Crippen LogP contribution in [0.2, 0.25) is 0 Å². The lowest BCUT2D eigenvalue weighted by Gasteiger charge is -2.56. The molecule has 1 amide bonds. The first-order valence-corrected chi connectivity index (χ1v) is 10.0. The van der Waals surface area contributed by atoms with Gasteiger partial charge in [-0.25, -0.2) is 4.79 Å². The van der Waals surface area contributed by atoms with Crippen LogP contribution in [0, 0.1) is 17.8 Å². The molecule has 4 nitrogen and oxygen atoms in total. The number of halogens is 3. The summed E-state index contributed by atoms with van der Waals surface area (Å²) in [5.41, 5.74) is -0.704. The fraction of sp³-hybridized carbons (Fsp3) is 0.545. The number of amides is 1. The molecule has 0 aliphatic heterocycles. The van der Waals surface area contributed by atoms with E-state index >= 15 is 0 Å². The number of hydrogen-bond acceptors (Lipinski definition) is 3. The van der Waals surface area contributed by atoms with Crippen molar-refractivity contribution in [1.82, 2.24) is 5.32 Å². The Labute approximate surface area is 167 Å². The molecule has 0 saturated heterocycles. The molecule has 1 aromatic carbocycles. The molecule has 0 atom stereocenters. The fourth-order valence-corrected chi connectivity index (χ4v) is 5.76. The van der Waals surface area contributed by atoms with Gasteiger partial charge in [-0.05, 0) is 80.1 Å². The van der Waals surface area contributed by atoms with Crippen molar-refractivity contribution in [2.75, 3.05) is 6.61 Å². The zero-order valence-electron chi connectivity index (χ0n) is 16.0. The van der Waals surface area contributed by atoms with E-state index in [2.05, 4.69) is 5.32 Å².